The molecule has 2 aromatic carbocycles. The zero-order chi connectivity index (χ0) is 22.1. The molecular formula is C24H27N3O4. The van der Waals surface area contributed by atoms with Crippen LogP contribution in [0.5, 0.6) is 11.5 Å². The van der Waals surface area contributed by atoms with Gasteiger partial charge in [0, 0.05) is 42.2 Å². The summed E-state index contributed by atoms with van der Waals surface area (Å²) in [5.41, 5.74) is 5.53. The molecule has 31 heavy (non-hydrogen) atoms. The minimum atomic E-state index is -0.157. The lowest BCUT2D eigenvalue weighted by atomic mass is 9.99. The third-order valence-corrected chi connectivity index (χ3v) is 6.00. The summed E-state index contributed by atoms with van der Waals surface area (Å²) in [4.78, 5) is 31.3. The van der Waals surface area contributed by atoms with Crippen molar-refractivity contribution in [3.8, 4) is 11.5 Å². The number of aryl methyl sites for hydroxylation is 2. The van der Waals surface area contributed by atoms with Crippen molar-refractivity contribution in [1.29, 1.82) is 0 Å². The molecule has 0 radical (unpaired) electrons. The molecule has 1 aromatic heterocycles. The van der Waals surface area contributed by atoms with Gasteiger partial charge in [-0.1, -0.05) is 6.07 Å². The minimum Gasteiger partial charge on any atom is -0.497 e. The Labute approximate surface area is 181 Å². The predicted molar refractivity (Wildman–Crippen MR) is 121 cm³/mol. The molecule has 0 spiro atoms. The first-order valence-electron chi connectivity index (χ1n) is 10.3. The Balaban J connectivity index is 1.52. The maximum absolute atomic E-state index is 13.1. The number of nitrogens with zero attached hydrogens (tertiary/aromatic N) is 1. The molecule has 0 aliphatic carbocycles. The number of aromatic amines is 1. The van der Waals surface area contributed by atoms with E-state index in [2.05, 4.69) is 10.3 Å². The quantitative estimate of drug-likeness (QED) is 0.661. The zero-order valence-corrected chi connectivity index (χ0v) is 18.3. The summed E-state index contributed by atoms with van der Waals surface area (Å²) in [5, 5.41) is 3.60. The van der Waals surface area contributed by atoms with Crippen LogP contribution in [-0.4, -0.2) is 43.1 Å². The number of pyridine rings is 1. The molecule has 0 bridgehead atoms. The van der Waals surface area contributed by atoms with Gasteiger partial charge in [-0.3, -0.25) is 14.5 Å². The van der Waals surface area contributed by atoms with E-state index in [0.29, 0.717) is 42.1 Å². The lowest BCUT2D eigenvalue weighted by Crippen LogP contribution is -2.39. The van der Waals surface area contributed by atoms with Crippen molar-refractivity contribution in [3.05, 3.63) is 62.9 Å². The Morgan fingerprint density at radius 3 is 2.71 bits per heavy atom. The molecule has 2 heterocycles. The monoisotopic (exact) mass is 421 g/mol. The van der Waals surface area contributed by atoms with Crippen LogP contribution in [0.4, 0.5) is 5.69 Å². The van der Waals surface area contributed by atoms with Gasteiger partial charge in [0.05, 0.1) is 32.0 Å². The van der Waals surface area contributed by atoms with E-state index in [1.54, 1.807) is 32.4 Å². The van der Waals surface area contributed by atoms with E-state index in [4.69, 9.17) is 9.47 Å². The van der Waals surface area contributed by atoms with E-state index in [0.717, 1.165) is 27.9 Å². The number of fused-ring (bicyclic) bond motifs is 2. The van der Waals surface area contributed by atoms with Crippen molar-refractivity contribution >= 4 is 22.5 Å². The number of benzene rings is 2. The van der Waals surface area contributed by atoms with Crippen molar-refractivity contribution in [2.75, 3.05) is 32.6 Å². The summed E-state index contributed by atoms with van der Waals surface area (Å²) in [6.07, 6.45) is 0.701. The number of rotatable bonds is 5. The Morgan fingerprint density at radius 1 is 1.16 bits per heavy atom. The number of carbonyl (C=O) groups excluding carboxylic acids is 1. The molecular weight excluding hydrogens is 394 g/mol. The number of H-pyrrole nitrogens is 1. The Kier molecular flexibility index (Phi) is 5.69. The van der Waals surface area contributed by atoms with Crippen LogP contribution in [0.3, 0.4) is 0 Å². The number of anilines is 1. The van der Waals surface area contributed by atoms with Gasteiger partial charge < -0.3 is 19.8 Å². The van der Waals surface area contributed by atoms with Crippen LogP contribution >= 0.6 is 0 Å². The van der Waals surface area contributed by atoms with Gasteiger partial charge >= 0.3 is 0 Å². The van der Waals surface area contributed by atoms with Crippen LogP contribution in [0.15, 0.2) is 35.1 Å². The number of ether oxygens (including phenoxy) is 2. The van der Waals surface area contributed by atoms with E-state index >= 15 is 0 Å². The van der Waals surface area contributed by atoms with Gasteiger partial charge in [-0.25, -0.2) is 0 Å². The SMILES string of the molecule is COc1ccc(NC(=O)CN2CCc3[nH]c4c(C)c(C)ccc4c(=O)c3C2)c(OC)c1. The van der Waals surface area contributed by atoms with Crippen LogP contribution in [0.25, 0.3) is 10.9 Å². The maximum atomic E-state index is 13.1. The topological polar surface area (TPSA) is 83.7 Å². The molecule has 1 aliphatic rings. The summed E-state index contributed by atoms with van der Waals surface area (Å²) in [7, 11) is 3.13. The standard InChI is InChI=1S/C24H27N3O4/c1-14-5-7-17-23(15(14)2)26-19-9-10-27(12-18(19)24(17)29)13-22(28)25-20-8-6-16(30-3)11-21(20)31-4/h5-8,11H,9-10,12-13H2,1-4H3,(H,25,28)(H,26,29). The lowest BCUT2D eigenvalue weighted by molar-refractivity contribution is -0.117. The molecule has 0 saturated heterocycles. The fraction of sp³-hybridized carbons (Fsp3) is 0.333. The number of methoxy groups -OCH3 is 2. The Hall–Kier alpha value is -3.32. The minimum absolute atomic E-state index is 0.0498. The first-order valence-corrected chi connectivity index (χ1v) is 10.3. The number of hydrogen-bond donors (Lipinski definition) is 2. The van der Waals surface area contributed by atoms with Gasteiger partial charge in [0.15, 0.2) is 5.43 Å². The zero-order valence-electron chi connectivity index (χ0n) is 18.3. The van der Waals surface area contributed by atoms with Crippen molar-refractivity contribution in [1.82, 2.24) is 9.88 Å². The van der Waals surface area contributed by atoms with Gasteiger partial charge in [0.1, 0.15) is 11.5 Å². The third-order valence-electron chi connectivity index (χ3n) is 6.00. The molecule has 0 fully saturated rings. The van der Waals surface area contributed by atoms with E-state index in [9.17, 15) is 9.59 Å². The Morgan fingerprint density at radius 2 is 1.97 bits per heavy atom. The predicted octanol–water partition coefficient (Wildman–Crippen LogP) is 3.16. The highest BCUT2D eigenvalue weighted by molar-refractivity contribution is 5.94. The smallest absolute Gasteiger partial charge is 0.238 e. The average molecular weight is 421 g/mol. The molecule has 0 atom stereocenters. The van der Waals surface area contributed by atoms with E-state index in [1.165, 1.54) is 0 Å². The third kappa shape index (κ3) is 4.01. The molecule has 4 rings (SSSR count). The Bertz CT molecular complexity index is 1220. The highest BCUT2D eigenvalue weighted by Crippen LogP contribution is 2.29. The first kappa shape index (κ1) is 20.9. The number of hydrogen-bond acceptors (Lipinski definition) is 5. The molecule has 0 saturated carbocycles. The van der Waals surface area contributed by atoms with E-state index in [1.807, 2.05) is 30.9 Å². The average Bonchev–Trinajstić information content (AvgIpc) is 2.77. The van der Waals surface area contributed by atoms with Gasteiger partial charge in [-0.15, -0.1) is 0 Å². The van der Waals surface area contributed by atoms with Crippen LogP contribution in [0.2, 0.25) is 0 Å². The van der Waals surface area contributed by atoms with Crippen molar-refractivity contribution in [2.24, 2.45) is 0 Å². The van der Waals surface area contributed by atoms with Crippen LogP contribution in [0.1, 0.15) is 22.4 Å². The van der Waals surface area contributed by atoms with Crippen LogP contribution < -0.4 is 20.2 Å². The number of amides is 1. The lowest BCUT2D eigenvalue weighted by Gasteiger charge is -2.28. The van der Waals surface area contributed by atoms with Gasteiger partial charge in [-0.05, 0) is 43.2 Å². The second-order valence-electron chi connectivity index (χ2n) is 7.92. The second-order valence-corrected chi connectivity index (χ2v) is 7.92. The number of aromatic nitrogens is 1. The van der Waals surface area contributed by atoms with Crippen molar-refractivity contribution in [3.63, 3.8) is 0 Å². The number of nitrogens with one attached hydrogen (secondary N) is 2. The maximum Gasteiger partial charge on any atom is 0.238 e. The highest BCUT2D eigenvalue weighted by atomic mass is 16.5. The molecule has 2 N–H and O–H groups in total. The van der Waals surface area contributed by atoms with Gasteiger partial charge in [0.2, 0.25) is 5.91 Å². The van der Waals surface area contributed by atoms with Crippen molar-refractivity contribution < 1.29 is 14.3 Å². The van der Waals surface area contributed by atoms with Gasteiger partial charge in [0.25, 0.3) is 0 Å². The highest BCUT2D eigenvalue weighted by Gasteiger charge is 2.23. The summed E-state index contributed by atoms with van der Waals surface area (Å²) < 4.78 is 10.5. The summed E-state index contributed by atoms with van der Waals surface area (Å²) >= 11 is 0. The first-order chi connectivity index (χ1) is 14.9. The molecule has 7 nitrogen and oxygen atoms in total. The summed E-state index contributed by atoms with van der Waals surface area (Å²) in [5.74, 6) is 1.03. The molecule has 7 heteroatoms. The fourth-order valence-corrected chi connectivity index (χ4v) is 4.07. The fourth-order valence-electron chi connectivity index (χ4n) is 4.07. The van der Waals surface area contributed by atoms with E-state index < -0.39 is 0 Å². The molecule has 1 amide bonds. The van der Waals surface area contributed by atoms with E-state index in [-0.39, 0.29) is 17.9 Å². The summed E-state index contributed by atoms with van der Waals surface area (Å²) in [6, 6.07) is 9.11. The van der Waals surface area contributed by atoms with Crippen molar-refractivity contribution in [2.45, 2.75) is 26.8 Å². The molecule has 162 valence electrons. The number of carbonyl (C=O) groups is 1. The largest absolute Gasteiger partial charge is 0.497 e. The van der Waals surface area contributed by atoms with Gasteiger partial charge in [-0.2, -0.15) is 0 Å². The summed E-state index contributed by atoms with van der Waals surface area (Å²) in [6.45, 7) is 5.42. The molecule has 1 aliphatic heterocycles. The van der Waals surface area contributed by atoms with Crippen LogP contribution in [-0.2, 0) is 17.8 Å². The molecule has 3 aromatic rings. The normalized spacial score (nSPS) is 13.7. The molecule has 0 unspecified atom stereocenters. The van der Waals surface area contributed by atoms with Crippen LogP contribution in [0, 0.1) is 13.8 Å². The second kappa shape index (κ2) is 8.43.